The smallest absolute Gasteiger partial charge is 0.410 e. The minimum Gasteiger partial charge on any atom is -0.444 e. The van der Waals surface area contributed by atoms with Crippen LogP contribution in [0.15, 0.2) is 23.3 Å². The van der Waals surface area contributed by atoms with Crippen molar-refractivity contribution in [1.29, 1.82) is 0 Å². The first-order valence-electron chi connectivity index (χ1n) is 9.15. The summed E-state index contributed by atoms with van der Waals surface area (Å²) in [5.41, 5.74) is 0.462. The molecule has 3 heterocycles. The number of pyridine rings is 1. The SMILES string of the molecule is Cn1ncc2ccn(CC3CC4(C3)CN(C(=O)OC(C)(C)C)C4)c(=O)c21. The number of hydrogen-bond acceptors (Lipinski definition) is 4. The molecule has 7 nitrogen and oxygen atoms in total. The van der Waals surface area contributed by atoms with E-state index in [4.69, 9.17) is 4.74 Å². The first-order chi connectivity index (χ1) is 12.2. The van der Waals surface area contributed by atoms with Crippen LogP contribution in [-0.2, 0) is 18.3 Å². The molecule has 26 heavy (non-hydrogen) atoms. The Hall–Kier alpha value is -2.31. The summed E-state index contributed by atoms with van der Waals surface area (Å²) in [4.78, 5) is 26.5. The lowest BCUT2D eigenvalue weighted by Gasteiger charge is -2.58. The number of hydrogen-bond donors (Lipinski definition) is 0. The van der Waals surface area contributed by atoms with Crippen LogP contribution in [0.3, 0.4) is 0 Å². The zero-order valence-electron chi connectivity index (χ0n) is 15.9. The van der Waals surface area contributed by atoms with Gasteiger partial charge in [-0.15, -0.1) is 0 Å². The standard InChI is InChI=1S/C19H26N4O3/c1-18(2,3)26-17(25)23-11-19(12-23)7-13(8-19)10-22-6-5-14-9-20-21(4)15(14)16(22)24/h5-6,9,13H,7-8,10-12H2,1-4H3. The zero-order chi connectivity index (χ0) is 18.7. The van der Waals surface area contributed by atoms with E-state index in [1.165, 1.54) is 0 Å². The van der Waals surface area contributed by atoms with Gasteiger partial charge in [0.05, 0.1) is 6.20 Å². The van der Waals surface area contributed by atoms with Crippen LogP contribution in [0.2, 0.25) is 0 Å². The maximum atomic E-state index is 12.6. The van der Waals surface area contributed by atoms with Crippen LogP contribution in [0, 0.1) is 11.3 Å². The monoisotopic (exact) mass is 358 g/mol. The van der Waals surface area contributed by atoms with E-state index in [0.29, 0.717) is 11.4 Å². The molecule has 1 saturated carbocycles. The Balaban J connectivity index is 1.34. The van der Waals surface area contributed by atoms with Gasteiger partial charge in [0.1, 0.15) is 11.1 Å². The van der Waals surface area contributed by atoms with Gasteiger partial charge in [-0.1, -0.05) is 0 Å². The van der Waals surface area contributed by atoms with Crippen LogP contribution in [0.1, 0.15) is 33.6 Å². The summed E-state index contributed by atoms with van der Waals surface area (Å²) in [6, 6.07) is 1.95. The molecule has 1 spiro atoms. The number of nitrogens with zero attached hydrogens (tertiary/aromatic N) is 4. The lowest BCUT2D eigenvalue weighted by Crippen LogP contribution is -2.64. The third-order valence-corrected chi connectivity index (χ3v) is 5.47. The van der Waals surface area contributed by atoms with Gasteiger partial charge in [-0.05, 0) is 45.6 Å². The topological polar surface area (TPSA) is 69.4 Å². The van der Waals surface area contributed by atoms with Crippen LogP contribution >= 0.6 is 0 Å². The van der Waals surface area contributed by atoms with E-state index in [2.05, 4.69) is 5.10 Å². The van der Waals surface area contributed by atoms with Crippen molar-refractivity contribution in [3.05, 3.63) is 28.8 Å². The van der Waals surface area contributed by atoms with Gasteiger partial charge in [-0.2, -0.15) is 5.10 Å². The van der Waals surface area contributed by atoms with Gasteiger partial charge < -0.3 is 14.2 Å². The average molecular weight is 358 g/mol. The fraction of sp³-hybridized carbons (Fsp3) is 0.632. The van der Waals surface area contributed by atoms with Crippen molar-refractivity contribution in [3.8, 4) is 0 Å². The Morgan fingerprint density at radius 1 is 1.35 bits per heavy atom. The third kappa shape index (κ3) is 2.89. The number of aryl methyl sites for hydroxylation is 1. The molecule has 2 aliphatic rings. The molecule has 1 saturated heterocycles. The number of amides is 1. The van der Waals surface area contributed by atoms with Crippen molar-refractivity contribution in [2.45, 2.75) is 45.8 Å². The first-order valence-corrected chi connectivity index (χ1v) is 9.15. The van der Waals surface area contributed by atoms with Crippen LogP contribution in [0.25, 0.3) is 10.9 Å². The van der Waals surface area contributed by atoms with Crippen molar-refractivity contribution in [2.24, 2.45) is 18.4 Å². The van der Waals surface area contributed by atoms with Gasteiger partial charge in [0.15, 0.2) is 0 Å². The summed E-state index contributed by atoms with van der Waals surface area (Å²) in [7, 11) is 1.80. The molecule has 0 radical (unpaired) electrons. The number of rotatable bonds is 2. The Labute approximate surface area is 152 Å². The second-order valence-corrected chi connectivity index (χ2v) is 8.96. The summed E-state index contributed by atoms with van der Waals surface area (Å²) in [5.74, 6) is 0.485. The summed E-state index contributed by atoms with van der Waals surface area (Å²) >= 11 is 0. The van der Waals surface area contributed by atoms with Gasteiger partial charge in [0.2, 0.25) is 0 Å². The number of aromatic nitrogens is 3. The molecule has 7 heteroatoms. The Bertz CT molecular complexity index is 907. The van der Waals surface area contributed by atoms with E-state index >= 15 is 0 Å². The number of fused-ring (bicyclic) bond motifs is 1. The minimum atomic E-state index is -0.451. The van der Waals surface area contributed by atoms with Gasteiger partial charge in [-0.3, -0.25) is 9.48 Å². The summed E-state index contributed by atoms with van der Waals surface area (Å²) in [6.45, 7) is 7.93. The van der Waals surface area contributed by atoms with Gasteiger partial charge in [0.25, 0.3) is 5.56 Å². The molecule has 0 atom stereocenters. The van der Waals surface area contributed by atoms with Crippen molar-refractivity contribution in [2.75, 3.05) is 13.1 Å². The highest BCUT2D eigenvalue weighted by Gasteiger charge is 2.54. The lowest BCUT2D eigenvalue weighted by atomic mass is 9.58. The van der Waals surface area contributed by atoms with Crippen LogP contribution in [0.4, 0.5) is 4.79 Å². The van der Waals surface area contributed by atoms with Gasteiger partial charge >= 0.3 is 6.09 Å². The molecular weight excluding hydrogens is 332 g/mol. The lowest BCUT2D eigenvalue weighted by molar-refractivity contribution is -0.0982. The average Bonchev–Trinajstić information content (AvgIpc) is 2.82. The molecule has 0 N–H and O–H groups in total. The van der Waals surface area contributed by atoms with Gasteiger partial charge in [-0.25, -0.2) is 4.79 Å². The van der Waals surface area contributed by atoms with Crippen LogP contribution in [0.5, 0.6) is 0 Å². The Kier molecular flexibility index (Phi) is 3.68. The number of carbonyl (C=O) groups is 1. The highest BCUT2D eigenvalue weighted by atomic mass is 16.6. The maximum absolute atomic E-state index is 12.6. The molecule has 2 fully saturated rings. The molecule has 2 aromatic rings. The second-order valence-electron chi connectivity index (χ2n) is 8.96. The molecule has 1 amide bonds. The zero-order valence-corrected chi connectivity index (χ0v) is 15.9. The highest BCUT2D eigenvalue weighted by Crippen LogP contribution is 2.52. The fourth-order valence-corrected chi connectivity index (χ4v) is 4.41. The van der Waals surface area contributed by atoms with E-state index in [1.54, 1.807) is 27.4 Å². The minimum absolute atomic E-state index is 0.0208. The van der Waals surface area contributed by atoms with E-state index in [9.17, 15) is 9.59 Å². The molecule has 1 aliphatic heterocycles. The second kappa shape index (κ2) is 5.59. The normalized spacial score (nSPS) is 19.5. The summed E-state index contributed by atoms with van der Waals surface area (Å²) in [5, 5.41) is 5.04. The van der Waals surface area contributed by atoms with Crippen LogP contribution in [-0.4, -0.2) is 44.0 Å². The third-order valence-electron chi connectivity index (χ3n) is 5.47. The molecule has 0 unspecified atom stereocenters. The van der Waals surface area contributed by atoms with E-state index < -0.39 is 5.60 Å². The molecular formula is C19H26N4O3. The van der Waals surface area contributed by atoms with Crippen molar-refractivity contribution >= 4 is 17.0 Å². The van der Waals surface area contributed by atoms with Crippen molar-refractivity contribution < 1.29 is 9.53 Å². The Morgan fingerprint density at radius 3 is 2.69 bits per heavy atom. The number of likely N-dealkylation sites (tertiary alicyclic amines) is 1. The quantitative estimate of drug-likeness (QED) is 0.826. The van der Waals surface area contributed by atoms with E-state index in [-0.39, 0.29) is 17.1 Å². The molecule has 0 aromatic carbocycles. The molecule has 1 aliphatic carbocycles. The number of carbonyl (C=O) groups excluding carboxylic acids is 1. The number of ether oxygens (including phenoxy) is 1. The molecule has 4 rings (SSSR count). The summed E-state index contributed by atoms with van der Waals surface area (Å²) in [6.07, 6.45) is 5.48. The fourth-order valence-electron chi connectivity index (χ4n) is 4.41. The Morgan fingerprint density at radius 2 is 2.04 bits per heavy atom. The van der Waals surface area contributed by atoms with Crippen molar-refractivity contribution in [1.82, 2.24) is 19.2 Å². The molecule has 140 valence electrons. The maximum Gasteiger partial charge on any atom is 0.410 e. The predicted molar refractivity (Wildman–Crippen MR) is 97.9 cm³/mol. The summed E-state index contributed by atoms with van der Waals surface area (Å²) < 4.78 is 8.86. The van der Waals surface area contributed by atoms with Crippen LogP contribution < -0.4 is 5.56 Å². The van der Waals surface area contributed by atoms with E-state index in [1.807, 2.05) is 33.0 Å². The molecule has 2 aromatic heterocycles. The largest absolute Gasteiger partial charge is 0.444 e. The van der Waals surface area contributed by atoms with Crippen molar-refractivity contribution in [3.63, 3.8) is 0 Å². The molecule has 0 bridgehead atoms. The predicted octanol–water partition coefficient (Wildman–Crippen LogP) is 2.38. The van der Waals surface area contributed by atoms with Gasteiger partial charge in [0, 0.05) is 43.7 Å². The first kappa shape index (κ1) is 17.1. The highest BCUT2D eigenvalue weighted by molar-refractivity contribution is 5.77. The van der Waals surface area contributed by atoms with E-state index in [0.717, 1.165) is 37.9 Å².